The lowest BCUT2D eigenvalue weighted by molar-refractivity contribution is 0.505. The zero-order valence-electron chi connectivity index (χ0n) is 6.65. The van der Waals surface area contributed by atoms with Crippen LogP contribution in [0.15, 0.2) is 24.8 Å². The van der Waals surface area contributed by atoms with Crippen LogP contribution in [0.3, 0.4) is 0 Å². The van der Waals surface area contributed by atoms with Gasteiger partial charge in [0, 0.05) is 24.8 Å². The Morgan fingerprint density at radius 1 is 0.800 bits per heavy atom. The van der Waals surface area contributed by atoms with Gasteiger partial charge in [-0.05, 0) is 21.1 Å². The van der Waals surface area contributed by atoms with E-state index in [-0.39, 0.29) is 0 Å². The molecule has 0 spiro atoms. The van der Waals surface area contributed by atoms with E-state index in [1.54, 1.807) is 24.8 Å². The Morgan fingerprint density at radius 2 is 1.00 bits per heavy atom. The molecule has 0 radical (unpaired) electrons. The van der Waals surface area contributed by atoms with Crippen LogP contribution in [0.1, 0.15) is 0 Å². The maximum absolute atomic E-state index is 3.72. The highest BCUT2D eigenvalue weighted by molar-refractivity contribution is 4.70. The number of aromatic nitrogens is 2. The molecule has 0 amide bonds. The number of nitrogens with zero attached hydrogens (tertiary/aromatic N) is 3. The number of hydrogen-bond donors (Lipinski definition) is 0. The maximum atomic E-state index is 3.72. The van der Waals surface area contributed by atoms with Gasteiger partial charge in [0.25, 0.3) is 0 Å². The molecule has 1 rings (SSSR count). The van der Waals surface area contributed by atoms with Crippen LogP contribution in [-0.2, 0) is 0 Å². The third-order valence-corrected chi connectivity index (χ3v) is 0.478. The van der Waals surface area contributed by atoms with Crippen molar-refractivity contribution in [2.45, 2.75) is 0 Å². The predicted molar refractivity (Wildman–Crippen MR) is 41.6 cm³/mol. The minimum atomic E-state index is 1.64. The van der Waals surface area contributed by atoms with Gasteiger partial charge in [-0.3, -0.25) is 9.97 Å². The summed E-state index contributed by atoms with van der Waals surface area (Å²) >= 11 is 0. The summed E-state index contributed by atoms with van der Waals surface area (Å²) in [4.78, 5) is 9.44. The van der Waals surface area contributed by atoms with Crippen molar-refractivity contribution in [2.75, 3.05) is 21.1 Å². The Balaban J connectivity index is 0.000000180. The molecule has 0 N–H and O–H groups in total. The molecule has 10 heavy (non-hydrogen) atoms. The molecule has 0 saturated carbocycles. The van der Waals surface area contributed by atoms with Gasteiger partial charge in [0.05, 0.1) is 0 Å². The summed E-state index contributed by atoms with van der Waals surface area (Å²) in [7, 11) is 6.00. The third-order valence-electron chi connectivity index (χ3n) is 0.478. The SMILES string of the molecule is CN(C)C.c1cnccn1. The van der Waals surface area contributed by atoms with Gasteiger partial charge < -0.3 is 4.90 Å². The fourth-order valence-electron chi connectivity index (χ4n) is 0.253. The van der Waals surface area contributed by atoms with Crippen molar-refractivity contribution in [2.24, 2.45) is 0 Å². The molecule has 0 bridgehead atoms. The summed E-state index contributed by atoms with van der Waals surface area (Å²) in [6, 6.07) is 0. The Bertz CT molecular complexity index is 109. The minimum absolute atomic E-state index is 1.64. The summed E-state index contributed by atoms with van der Waals surface area (Å²) in [6.45, 7) is 0. The standard InChI is InChI=1S/C4H4N2.C3H9N/c1-2-6-4-3-5-1;1-4(2)3/h1-4H;1-3H3. The molecule has 1 aromatic heterocycles. The topological polar surface area (TPSA) is 29.0 Å². The van der Waals surface area contributed by atoms with E-state index < -0.39 is 0 Å². The fourth-order valence-corrected chi connectivity index (χ4v) is 0.253. The van der Waals surface area contributed by atoms with Crippen LogP contribution in [0.4, 0.5) is 0 Å². The van der Waals surface area contributed by atoms with Gasteiger partial charge in [-0.15, -0.1) is 0 Å². The highest BCUT2D eigenvalue weighted by Gasteiger charge is 1.59. The van der Waals surface area contributed by atoms with Crippen LogP contribution in [-0.4, -0.2) is 36.0 Å². The van der Waals surface area contributed by atoms with Gasteiger partial charge in [0.2, 0.25) is 0 Å². The minimum Gasteiger partial charge on any atom is -0.312 e. The molecule has 0 aliphatic carbocycles. The first kappa shape index (κ1) is 9.04. The molecule has 0 aliphatic heterocycles. The molecular weight excluding hydrogens is 126 g/mol. The monoisotopic (exact) mass is 139 g/mol. The zero-order valence-corrected chi connectivity index (χ0v) is 6.65. The van der Waals surface area contributed by atoms with Gasteiger partial charge >= 0.3 is 0 Å². The van der Waals surface area contributed by atoms with Gasteiger partial charge in [-0.25, -0.2) is 0 Å². The Morgan fingerprint density at radius 3 is 1.10 bits per heavy atom. The second-order valence-corrected chi connectivity index (χ2v) is 2.24. The van der Waals surface area contributed by atoms with Crippen molar-refractivity contribution >= 4 is 0 Å². The Labute approximate surface area is 61.7 Å². The van der Waals surface area contributed by atoms with E-state index in [1.807, 2.05) is 26.0 Å². The van der Waals surface area contributed by atoms with E-state index in [2.05, 4.69) is 9.97 Å². The van der Waals surface area contributed by atoms with Crippen LogP contribution in [0.2, 0.25) is 0 Å². The van der Waals surface area contributed by atoms with Gasteiger partial charge in [0.1, 0.15) is 0 Å². The smallest absolute Gasteiger partial charge is 0.0451 e. The maximum Gasteiger partial charge on any atom is 0.0451 e. The quantitative estimate of drug-likeness (QED) is 0.528. The van der Waals surface area contributed by atoms with Crippen molar-refractivity contribution in [1.82, 2.24) is 14.9 Å². The lowest BCUT2D eigenvalue weighted by Crippen LogP contribution is -1.99. The molecule has 1 aromatic rings. The molecule has 0 aliphatic rings. The first-order valence-corrected chi connectivity index (χ1v) is 3.04. The average molecular weight is 139 g/mol. The van der Waals surface area contributed by atoms with Crippen molar-refractivity contribution in [1.29, 1.82) is 0 Å². The molecule has 56 valence electrons. The summed E-state index contributed by atoms with van der Waals surface area (Å²) in [6.07, 6.45) is 6.56. The fraction of sp³-hybridized carbons (Fsp3) is 0.429. The van der Waals surface area contributed by atoms with Gasteiger partial charge in [-0.2, -0.15) is 0 Å². The lowest BCUT2D eigenvalue weighted by Gasteiger charge is -1.90. The Hall–Kier alpha value is -0.960. The lowest BCUT2D eigenvalue weighted by atomic mass is 10.8. The molecular formula is C7H13N3. The third kappa shape index (κ3) is 10.1. The van der Waals surface area contributed by atoms with Crippen LogP contribution < -0.4 is 0 Å². The molecule has 1 heterocycles. The van der Waals surface area contributed by atoms with Crippen molar-refractivity contribution < 1.29 is 0 Å². The molecule has 0 unspecified atom stereocenters. The van der Waals surface area contributed by atoms with E-state index in [4.69, 9.17) is 0 Å². The first-order chi connectivity index (χ1) is 4.73. The normalized spacial score (nSPS) is 8.40. The molecule has 3 nitrogen and oxygen atoms in total. The van der Waals surface area contributed by atoms with Gasteiger partial charge in [-0.1, -0.05) is 0 Å². The second kappa shape index (κ2) is 6.16. The zero-order chi connectivity index (χ0) is 7.82. The summed E-state index contributed by atoms with van der Waals surface area (Å²) in [5.74, 6) is 0. The van der Waals surface area contributed by atoms with Gasteiger partial charge in [0.15, 0.2) is 0 Å². The highest BCUT2D eigenvalue weighted by atomic mass is 15.0. The highest BCUT2D eigenvalue weighted by Crippen LogP contribution is 1.65. The molecule has 0 aromatic carbocycles. The van der Waals surface area contributed by atoms with Crippen LogP contribution in [0.25, 0.3) is 0 Å². The summed E-state index contributed by atoms with van der Waals surface area (Å²) in [5, 5.41) is 0. The van der Waals surface area contributed by atoms with Crippen LogP contribution in [0.5, 0.6) is 0 Å². The van der Waals surface area contributed by atoms with Crippen LogP contribution in [0, 0.1) is 0 Å². The largest absolute Gasteiger partial charge is 0.312 e. The molecule has 0 atom stereocenters. The summed E-state index contributed by atoms with van der Waals surface area (Å²) < 4.78 is 0. The van der Waals surface area contributed by atoms with E-state index in [1.165, 1.54) is 0 Å². The van der Waals surface area contributed by atoms with Crippen molar-refractivity contribution in [3.63, 3.8) is 0 Å². The van der Waals surface area contributed by atoms with Crippen LogP contribution >= 0.6 is 0 Å². The number of rotatable bonds is 0. The number of hydrogen-bond acceptors (Lipinski definition) is 3. The second-order valence-electron chi connectivity index (χ2n) is 2.24. The summed E-state index contributed by atoms with van der Waals surface area (Å²) in [5.41, 5.74) is 0. The first-order valence-electron chi connectivity index (χ1n) is 3.04. The van der Waals surface area contributed by atoms with Crippen molar-refractivity contribution in [3.8, 4) is 0 Å². The van der Waals surface area contributed by atoms with E-state index in [0.717, 1.165) is 0 Å². The Kier molecular flexibility index (Phi) is 5.57. The predicted octanol–water partition coefficient (Wildman–Crippen LogP) is 0.654. The molecule has 0 fully saturated rings. The van der Waals surface area contributed by atoms with Crippen molar-refractivity contribution in [3.05, 3.63) is 24.8 Å². The molecule has 3 heteroatoms. The average Bonchev–Trinajstić information content (AvgIpc) is 1.90. The van der Waals surface area contributed by atoms with E-state index in [9.17, 15) is 0 Å². The van der Waals surface area contributed by atoms with E-state index >= 15 is 0 Å². The van der Waals surface area contributed by atoms with E-state index in [0.29, 0.717) is 0 Å². The molecule has 0 saturated heterocycles.